The summed E-state index contributed by atoms with van der Waals surface area (Å²) in [6, 6.07) is 0. The zero-order valence-corrected chi connectivity index (χ0v) is 11.2. The molecule has 0 spiro atoms. The lowest BCUT2D eigenvalue weighted by molar-refractivity contribution is -0.379. The monoisotopic (exact) mass is 278 g/mol. The SMILES string of the molecule is O=C(CN1CC=CC1=O)N[C@]12C[C@H]3C[C@H](C[C@H](C3)O1)O2. The van der Waals surface area contributed by atoms with Gasteiger partial charge in [0.25, 0.3) is 5.91 Å². The van der Waals surface area contributed by atoms with Gasteiger partial charge in [-0.3, -0.25) is 9.59 Å². The predicted molar refractivity (Wildman–Crippen MR) is 68.3 cm³/mol. The minimum absolute atomic E-state index is 0.0559. The Morgan fingerprint density at radius 2 is 2.10 bits per heavy atom. The first-order valence-corrected chi connectivity index (χ1v) is 7.24. The van der Waals surface area contributed by atoms with Crippen LogP contribution in [0.25, 0.3) is 0 Å². The number of hydrogen-bond acceptors (Lipinski definition) is 4. The quantitative estimate of drug-likeness (QED) is 0.797. The van der Waals surface area contributed by atoms with Gasteiger partial charge in [-0.2, -0.15) is 0 Å². The largest absolute Gasteiger partial charge is 0.329 e. The van der Waals surface area contributed by atoms with Gasteiger partial charge in [0.1, 0.15) is 6.54 Å². The lowest BCUT2D eigenvalue weighted by Gasteiger charge is -2.55. The number of carbonyl (C=O) groups excluding carboxylic acids is 2. The van der Waals surface area contributed by atoms with E-state index in [0.717, 1.165) is 25.7 Å². The lowest BCUT2D eigenvalue weighted by Crippen LogP contribution is -2.66. The van der Waals surface area contributed by atoms with Crippen molar-refractivity contribution in [2.24, 2.45) is 5.92 Å². The maximum absolute atomic E-state index is 12.1. The van der Waals surface area contributed by atoms with Gasteiger partial charge in [0.05, 0.1) is 12.2 Å². The van der Waals surface area contributed by atoms with Crippen LogP contribution in [-0.2, 0) is 19.1 Å². The predicted octanol–water partition coefficient (Wildman–Crippen LogP) is 0.143. The molecule has 4 atom stereocenters. The Hall–Kier alpha value is -1.40. The average Bonchev–Trinajstić information content (AvgIpc) is 2.72. The number of amides is 2. The van der Waals surface area contributed by atoms with Crippen molar-refractivity contribution in [3.8, 4) is 0 Å². The van der Waals surface area contributed by atoms with Crippen molar-refractivity contribution in [1.82, 2.24) is 10.2 Å². The minimum atomic E-state index is -0.942. The van der Waals surface area contributed by atoms with Crippen molar-refractivity contribution in [3.63, 3.8) is 0 Å². The van der Waals surface area contributed by atoms with Gasteiger partial charge in [-0.15, -0.1) is 0 Å². The highest BCUT2D eigenvalue weighted by Crippen LogP contribution is 2.47. The van der Waals surface area contributed by atoms with E-state index in [1.165, 1.54) is 11.0 Å². The third-order valence-corrected chi connectivity index (χ3v) is 4.55. The lowest BCUT2D eigenvalue weighted by atomic mass is 9.77. The summed E-state index contributed by atoms with van der Waals surface area (Å²) in [5.74, 6) is -0.699. The fourth-order valence-electron chi connectivity index (χ4n) is 3.88. The van der Waals surface area contributed by atoms with Crippen molar-refractivity contribution in [1.29, 1.82) is 0 Å². The molecule has 4 bridgehead atoms. The van der Waals surface area contributed by atoms with E-state index in [1.54, 1.807) is 6.08 Å². The highest BCUT2D eigenvalue weighted by Gasteiger charge is 2.54. The molecule has 108 valence electrons. The van der Waals surface area contributed by atoms with Gasteiger partial charge in [-0.05, 0) is 18.8 Å². The molecule has 1 N–H and O–H groups in total. The van der Waals surface area contributed by atoms with E-state index in [9.17, 15) is 9.59 Å². The third-order valence-electron chi connectivity index (χ3n) is 4.55. The van der Waals surface area contributed by atoms with Crippen LogP contribution < -0.4 is 5.32 Å². The molecule has 1 aliphatic carbocycles. The first kappa shape index (κ1) is 12.3. The summed E-state index contributed by atoms with van der Waals surface area (Å²) in [6.07, 6.45) is 7.46. The standard InChI is InChI=1S/C14H18N2O4/c17-12(8-16-3-1-2-13(16)18)15-14-7-9-4-10(19-14)6-11(5-9)20-14/h1-2,9-11H,3-8H2,(H,15,17)/t9-,10+,11-,14-. The van der Waals surface area contributed by atoms with Gasteiger partial charge < -0.3 is 19.7 Å². The van der Waals surface area contributed by atoms with E-state index >= 15 is 0 Å². The molecule has 3 saturated heterocycles. The molecule has 0 radical (unpaired) electrons. The first-order chi connectivity index (χ1) is 9.62. The second kappa shape index (κ2) is 4.30. The van der Waals surface area contributed by atoms with Gasteiger partial charge in [0.15, 0.2) is 0 Å². The van der Waals surface area contributed by atoms with Crippen molar-refractivity contribution >= 4 is 11.8 Å². The Morgan fingerprint density at radius 1 is 1.35 bits per heavy atom. The molecule has 6 heteroatoms. The van der Waals surface area contributed by atoms with E-state index in [1.807, 2.05) is 0 Å². The van der Waals surface area contributed by atoms with Gasteiger partial charge in [-0.25, -0.2) is 0 Å². The topological polar surface area (TPSA) is 67.9 Å². The van der Waals surface area contributed by atoms with Gasteiger partial charge in [-0.1, -0.05) is 6.08 Å². The van der Waals surface area contributed by atoms with E-state index in [2.05, 4.69) is 5.32 Å². The number of ether oxygens (including phenoxy) is 2. The summed E-state index contributed by atoms with van der Waals surface area (Å²) in [4.78, 5) is 25.1. The number of nitrogens with zero attached hydrogens (tertiary/aromatic N) is 1. The minimum Gasteiger partial charge on any atom is -0.329 e. The van der Waals surface area contributed by atoms with Crippen LogP contribution in [0.3, 0.4) is 0 Å². The maximum atomic E-state index is 12.1. The van der Waals surface area contributed by atoms with E-state index in [0.29, 0.717) is 12.5 Å². The average molecular weight is 278 g/mol. The first-order valence-electron chi connectivity index (χ1n) is 7.24. The van der Waals surface area contributed by atoms with Crippen molar-refractivity contribution < 1.29 is 19.1 Å². The normalized spacial score (nSPS) is 41.5. The summed E-state index contributed by atoms with van der Waals surface area (Å²) >= 11 is 0. The van der Waals surface area contributed by atoms with Gasteiger partial charge >= 0.3 is 0 Å². The fraction of sp³-hybridized carbons (Fsp3) is 0.714. The molecule has 4 fully saturated rings. The van der Waals surface area contributed by atoms with Crippen LogP contribution in [0.5, 0.6) is 0 Å². The maximum Gasteiger partial charge on any atom is 0.252 e. The molecule has 6 nitrogen and oxygen atoms in total. The second-order valence-electron chi connectivity index (χ2n) is 6.18. The second-order valence-corrected chi connectivity index (χ2v) is 6.18. The van der Waals surface area contributed by atoms with Crippen LogP contribution in [0.15, 0.2) is 12.2 Å². The smallest absolute Gasteiger partial charge is 0.252 e. The highest BCUT2D eigenvalue weighted by molar-refractivity contribution is 5.93. The number of rotatable bonds is 3. The molecule has 4 aliphatic heterocycles. The fourth-order valence-corrected chi connectivity index (χ4v) is 3.88. The van der Waals surface area contributed by atoms with E-state index < -0.39 is 5.91 Å². The highest BCUT2D eigenvalue weighted by atomic mass is 16.7. The van der Waals surface area contributed by atoms with Crippen LogP contribution in [0.4, 0.5) is 0 Å². The van der Waals surface area contributed by atoms with Crippen LogP contribution in [-0.4, -0.2) is 47.9 Å². The van der Waals surface area contributed by atoms with Gasteiger partial charge in [0, 0.05) is 25.5 Å². The van der Waals surface area contributed by atoms with Crippen LogP contribution >= 0.6 is 0 Å². The number of nitrogens with one attached hydrogen (secondary N) is 1. The molecular weight excluding hydrogens is 260 g/mol. The molecule has 5 aliphatic rings. The summed E-state index contributed by atoms with van der Waals surface area (Å²) < 4.78 is 11.8. The summed E-state index contributed by atoms with van der Waals surface area (Å²) in [6.45, 7) is 0.551. The number of hydrogen-bond donors (Lipinski definition) is 1. The zero-order chi connectivity index (χ0) is 13.7. The Balaban J connectivity index is 1.41. The molecule has 0 aromatic rings. The van der Waals surface area contributed by atoms with Crippen LogP contribution in [0.2, 0.25) is 0 Å². The molecule has 5 rings (SSSR count). The molecule has 0 aromatic carbocycles. The Morgan fingerprint density at radius 3 is 2.70 bits per heavy atom. The molecule has 0 unspecified atom stereocenters. The van der Waals surface area contributed by atoms with E-state index in [4.69, 9.17) is 9.47 Å². The van der Waals surface area contributed by atoms with Gasteiger partial charge in [0.2, 0.25) is 11.8 Å². The molecule has 20 heavy (non-hydrogen) atoms. The Bertz CT molecular complexity index is 452. The summed E-state index contributed by atoms with van der Waals surface area (Å²) in [7, 11) is 0. The zero-order valence-electron chi connectivity index (χ0n) is 11.2. The van der Waals surface area contributed by atoms with E-state index in [-0.39, 0.29) is 30.6 Å². The Kier molecular flexibility index (Phi) is 2.65. The summed E-state index contributed by atoms with van der Waals surface area (Å²) in [5.41, 5.74) is 0. The molecule has 2 amide bonds. The molecule has 1 saturated carbocycles. The Labute approximate surface area is 117 Å². The van der Waals surface area contributed by atoms with Crippen molar-refractivity contribution in [2.45, 2.75) is 43.8 Å². The molecular formula is C14H18N2O4. The van der Waals surface area contributed by atoms with Crippen LogP contribution in [0.1, 0.15) is 25.7 Å². The molecule has 0 aromatic heterocycles. The summed E-state index contributed by atoms with van der Waals surface area (Å²) in [5, 5.41) is 2.87. The van der Waals surface area contributed by atoms with Crippen molar-refractivity contribution in [3.05, 3.63) is 12.2 Å². The van der Waals surface area contributed by atoms with Crippen molar-refractivity contribution in [2.75, 3.05) is 13.1 Å². The van der Waals surface area contributed by atoms with Crippen LogP contribution in [0, 0.1) is 5.92 Å². The third kappa shape index (κ3) is 2.03. The number of carbonyl (C=O) groups is 2. The molecule has 4 heterocycles.